The van der Waals surface area contributed by atoms with Gasteiger partial charge in [-0.15, -0.1) is 11.8 Å². The molecule has 1 N–H and O–H groups in total. The number of nitrogens with zero attached hydrogens (tertiary/aromatic N) is 1. The molecule has 0 aliphatic carbocycles. The SMILES string of the molecule is O=C(NS(=O)(=O)Cc1ccc(Cl)nc1)c1ccc(CSc2ccc(Cl)cc2)cc1. The average Bonchev–Trinajstić information content (AvgIpc) is 2.69. The van der Waals surface area contributed by atoms with E-state index in [0.29, 0.717) is 16.3 Å². The minimum atomic E-state index is -3.85. The topological polar surface area (TPSA) is 76.1 Å². The van der Waals surface area contributed by atoms with Gasteiger partial charge in [0.25, 0.3) is 5.91 Å². The Morgan fingerprint density at radius 2 is 1.59 bits per heavy atom. The van der Waals surface area contributed by atoms with E-state index >= 15 is 0 Å². The van der Waals surface area contributed by atoms with Crippen molar-refractivity contribution in [1.29, 1.82) is 0 Å². The van der Waals surface area contributed by atoms with Gasteiger partial charge in [-0.3, -0.25) is 4.79 Å². The van der Waals surface area contributed by atoms with E-state index in [1.165, 1.54) is 12.3 Å². The van der Waals surface area contributed by atoms with Gasteiger partial charge in [0.15, 0.2) is 0 Å². The minimum absolute atomic E-state index is 0.267. The summed E-state index contributed by atoms with van der Waals surface area (Å²) in [7, 11) is -3.85. The summed E-state index contributed by atoms with van der Waals surface area (Å²) in [5, 5.41) is 0.955. The highest BCUT2D eigenvalue weighted by atomic mass is 35.5. The average molecular weight is 467 g/mol. The van der Waals surface area contributed by atoms with E-state index in [1.54, 1.807) is 42.1 Å². The van der Waals surface area contributed by atoms with Gasteiger partial charge in [0.2, 0.25) is 10.0 Å². The lowest BCUT2D eigenvalue weighted by atomic mass is 10.1. The molecule has 0 aliphatic rings. The number of hydrogen-bond acceptors (Lipinski definition) is 5. The Bertz CT molecular complexity index is 1090. The van der Waals surface area contributed by atoms with E-state index in [-0.39, 0.29) is 16.5 Å². The van der Waals surface area contributed by atoms with Crippen LogP contribution in [-0.2, 0) is 21.5 Å². The van der Waals surface area contributed by atoms with E-state index in [0.717, 1.165) is 10.5 Å². The van der Waals surface area contributed by atoms with Crippen molar-refractivity contribution in [2.24, 2.45) is 0 Å². The zero-order valence-corrected chi connectivity index (χ0v) is 18.2. The number of benzene rings is 2. The van der Waals surface area contributed by atoms with E-state index in [1.807, 2.05) is 24.3 Å². The molecule has 0 saturated carbocycles. The zero-order chi connectivity index (χ0) is 20.9. The van der Waals surface area contributed by atoms with Gasteiger partial charge in [-0.05, 0) is 53.6 Å². The second kappa shape index (κ2) is 9.63. The Kier molecular flexibility index (Phi) is 7.18. The third-order valence-corrected chi connectivity index (χ3v) is 6.60. The third-order valence-electron chi connectivity index (χ3n) is 3.83. The van der Waals surface area contributed by atoms with Gasteiger partial charge in [0.1, 0.15) is 5.15 Å². The Morgan fingerprint density at radius 3 is 2.21 bits per heavy atom. The van der Waals surface area contributed by atoms with Crippen molar-refractivity contribution in [3.8, 4) is 0 Å². The quantitative estimate of drug-likeness (QED) is 0.394. The largest absolute Gasteiger partial charge is 0.268 e. The van der Waals surface area contributed by atoms with Crippen LogP contribution in [0, 0.1) is 0 Å². The number of carbonyl (C=O) groups is 1. The van der Waals surface area contributed by atoms with E-state index < -0.39 is 15.9 Å². The molecule has 0 radical (unpaired) electrons. The standard InChI is InChI=1S/C20H16Cl2N2O3S2/c21-17-6-8-18(9-7-17)28-12-14-1-4-16(5-2-14)20(25)24-29(26,27)13-15-3-10-19(22)23-11-15/h1-11H,12-13H2,(H,24,25). The summed E-state index contributed by atoms with van der Waals surface area (Å²) in [6.07, 6.45) is 1.36. The van der Waals surface area contributed by atoms with Crippen LogP contribution in [0.1, 0.15) is 21.5 Å². The Balaban J connectivity index is 1.57. The number of carbonyl (C=O) groups excluding carboxylic acids is 1. The second-order valence-corrected chi connectivity index (χ2v) is 9.71. The number of amides is 1. The Hall–Kier alpha value is -2.06. The molecule has 150 valence electrons. The van der Waals surface area contributed by atoms with Crippen molar-refractivity contribution in [2.45, 2.75) is 16.4 Å². The maximum atomic E-state index is 12.3. The monoisotopic (exact) mass is 466 g/mol. The van der Waals surface area contributed by atoms with Crippen molar-refractivity contribution >= 4 is 50.9 Å². The van der Waals surface area contributed by atoms with Crippen LogP contribution < -0.4 is 4.72 Å². The fourth-order valence-corrected chi connectivity index (χ4v) is 4.57. The van der Waals surface area contributed by atoms with Gasteiger partial charge in [-0.2, -0.15) is 0 Å². The summed E-state index contributed by atoms with van der Waals surface area (Å²) >= 11 is 13.2. The number of nitrogens with one attached hydrogen (secondary N) is 1. The van der Waals surface area contributed by atoms with Gasteiger partial charge in [-0.25, -0.2) is 18.1 Å². The van der Waals surface area contributed by atoms with Crippen LogP contribution in [0.2, 0.25) is 10.2 Å². The molecule has 0 spiro atoms. The highest BCUT2D eigenvalue weighted by Gasteiger charge is 2.17. The molecule has 0 atom stereocenters. The van der Waals surface area contributed by atoms with Crippen LogP contribution in [0.5, 0.6) is 0 Å². The lowest BCUT2D eigenvalue weighted by molar-refractivity contribution is 0.0981. The molecule has 0 unspecified atom stereocenters. The van der Waals surface area contributed by atoms with E-state index in [9.17, 15) is 13.2 Å². The number of pyridine rings is 1. The summed E-state index contributed by atoms with van der Waals surface area (Å²) in [6.45, 7) is 0. The predicted octanol–water partition coefficient (Wildman–Crippen LogP) is 4.94. The number of rotatable bonds is 7. The van der Waals surface area contributed by atoms with Crippen molar-refractivity contribution in [3.05, 3.63) is 93.7 Å². The smallest absolute Gasteiger partial charge is 0.264 e. The molecule has 1 heterocycles. The first-order chi connectivity index (χ1) is 13.8. The maximum absolute atomic E-state index is 12.3. The molecule has 9 heteroatoms. The highest BCUT2D eigenvalue weighted by molar-refractivity contribution is 7.98. The molecule has 1 aromatic heterocycles. The predicted molar refractivity (Wildman–Crippen MR) is 117 cm³/mol. The molecule has 2 aromatic carbocycles. The fraction of sp³-hybridized carbons (Fsp3) is 0.100. The Labute approximate surface area is 183 Å². The number of thioether (sulfide) groups is 1. The minimum Gasteiger partial charge on any atom is -0.268 e. The third kappa shape index (κ3) is 6.75. The first-order valence-electron chi connectivity index (χ1n) is 8.43. The van der Waals surface area contributed by atoms with Crippen molar-refractivity contribution in [2.75, 3.05) is 0 Å². The van der Waals surface area contributed by atoms with Crippen LogP contribution in [0.25, 0.3) is 0 Å². The summed E-state index contributed by atoms with van der Waals surface area (Å²) < 4.78 is 26.5. The van der Waals surface area contributed by atoms with Gasteiger partial charge < -0.3 is 0 Å². The Morgan fingerprint density at radius 1 is 0.931 bits per heavy atom. The van der Waals surface area contributed by atoms with Gasteiger partial charge in [-0.1, -0.05) is 41.4 Å². The molecule has 29 heavy (non-hydrogen) atoms. The summed E-state index contributed by atoms with van der Waals surface area (Å²) in [5.74, 6) is -0.326. The van der Waals surface area contributed by atoms with Crippen LogP contribution >= 0.6 is 35.0 Å². The maximum Gasteiger partial charge on any atom is 0.264 e. The molecule has 5 nitrogen and oxygen atoms in total. The highest BCUT2D eigenvalue weighted by Crippen LogP contribution is 2.24. The van der Waals surface area contributed by atoms with Gasteiger partial charge >= 0.3 is 0 Å². The molecular formula is C20H16Cl2N2O3S2. The first-order valence-corrected chi connectivity index (χ1v) is 11.8. The summed E-state index contributed by atoms with van der Waals surface area (Å²) in [5.41, 5.74) is 1.71. The van der Waals surface area contributed by atoms with Crippen LogP contribution in [0.15, 0.2) is 71.8 Å². The molecule has 3 rings (SSSR count). The molecule has 0 aliphatic heterocycles. The molecule has 0 saturated heterocycles. The second-order valence-electron chi connectivity index (χ2n) is 6.12. The van der Waals surface area contributed by atoms with Crippen molar-refractivity contribution in [3.63, 3.8) is 0 Å². The van der Waals surface area contributed by atoms with Crippen molar-refractivity contribution in [1.82, 2.24) is 9.71 Å². The van der Waals surface area contributed by atoms with Gasteiger partial charge in [0.05, 0.1) is 5.75 Å². The van der Waals surface area contributed by atoms with Crippen LogP contribution in [-0.4, -0.2) is 19.3 Å². The normalized spacial score (nSPS) is 11.2. The summed E-state index contributed by atoms with van der Waals surface area (Å²) in [4.78, 5) is 17.2. The fourth-order valence-electron chi connectivity index (χ4n) is 2.40. The first kappa shape index (κ1) is 21.6. The number of aromatic nitrogens is 1. The van der Waals surface area contributed by atoms with E-state index in [2.05, 4.69) is 9.71 Å². The zero-order valence-electron chi connectivity index (χ0n) is 15.0. The number of sulfonamides is 1. The molecule has 3 aromatic rings. The molecule has 1 amide bonds. The van der Waals surface area contributed by atoms with Crippen LogP contribution in [0.4, 0.5) is 0 Å². The van der Waals surface area contributed by atoms with E-state index in [4.69, 9.17) is 23.2 Å². The number of hydrogen-bond donors (Lipinski definition) is 1. The summed E-state index contributed by atoms with van der Waals surface area (Å²) in [6, 6.07) is 17.4. The molecular weight excluding hydrogens is 451 g/mol. The molecule has 0 bridgehead atoms. The van der Waals surface area contributed by atoms with Gasteiger partial charge in [0, 0.05) is 27.4 Å². The number of halogens is 2. The lowest BCUT2D eigenvalue weighted by Gasteiger charge is -2.08. The van der Waals surface area contributed by atoms with Crippen LogP contribution in [0.3, 0.4) is 0 Å². The van der Waals surface area contributed by atoms with Crippen molar-refractivity contribution < 1.29 is 13.2 Å². The lowest BCUT2D eigenvalue weighted by Crippen LogP contribution is -2.31. The molecule has 0 fully saturated rings.